The van der Waals surface area contributed by atoms with Crippen LogP contribution in [0.1, 0.15) is 13.8 Å². The molecule has 0 radical (unpaired) electrons. The molecule has 4 heteroatoms. The first-order chi connectivity index (χ1) is 5.77. The maximum absolute atomic E-state index is 11.1. The smallest absolute Gasteiger partial charge is 0.152 e. The molecule has 0 aromatic carbocycles. The molecule has 13 heavy (non-hydrogen) atoms. The average Bonchev–Trinajstić information content (AvgIpc) is 1.79. The first kappa shape index (κ1) is 10.6. The lowest BCUT2D eigenvalue weighted by Crippen LogP contribution is -2.61. The van der Waals surface area contributed by atoms with Crippen molar-refractivity contribution in [3.05, 3.63) is 0 Å². The van der Waals surface area contributed by atoms with E-state index in [0.717, 1.165) is 0 Å². The van der Waals surface area contributed by atoms with Gasteiger partial charge in [-0.15, -0.1) is 6.42 Å². The fourth-order valence-corrected chi connectivity index (χ4v) is 2.16. The van der Waals surface area contributed by atoms with Crippen LogP contribution in [0.5, 0.6) is 0 Å². The summed E-state index contributed by atoms with van der Waals surface area (Å²) in [5, 5.41) is -0.222. The zero-order valence-corrected chi connectivity index (χ0v) is 9.06. The topological polar surface area (TPSA) is 37.4 Å². The highest BCUT2D eigenvalue weighted by Crippen LogP contribution is 2.24. The number of rotatable bonds is 2. The third kappa shape index (κ3) is 2.04. The summed E-state index contributed by atoms with van der Waals surface area (Å²) in [5.74, 6) is 2.65. The molecular weight excluding hydrogens is 186 g/mol. The van der Waals surface area contributed by atoms with Gasteiger partial charge >= 0.3 is 0 Å². The van der Waals surface area contributed by atoms with Crippen LogP contribution in [-0.4, -0.2) is 43.5 Å². The van der Waals surface area contributed by atoms with E-state index in [0.29, 0.717) is 13.1 Å². The van der Waals surface area contributed by atoms with Gasteiger partial charge in [-0.3, -0.25) is 4.90 Å². The summed E-state index contributed by atoms with van der Waals surface area (Å²) in [7, 11) is -2.88. The molecule has 0 amide bonds. The fourth-order valence-electron chi connectivity index (χ4n) is 1.26. The molecule has 3 nitrogen and oxygen atoms in total. The van der Waals surface area contributed by atoms with E-state index >= 15 is 0 Å². The summed E-state index contributed by atoms with van der Waals surface area (Å²) in [6.07, 6.45) is 6.61. The second kappa shape index (κ2) is 3.00. The lowest BCUT2D eigenvalue weighted by Gasteiger charge is -2.45. The molecule has 1 heterocycles. The molecule has 0 saturated carbocycles. The zero-order chi connectivity index (χ0) is 10.3. The van der Waals surface area contributed by atoms with Crippen molar-refractivity contribution in [2.24, 2.45) is 0 Å². The molecule has 0 aromatic rings. The van der Waals surface area contributed by atoms with Gasteiger partial charge < -0.3 is 0 Å². The van der Waals surface area contributed by atoms with E-state index in [1.807, 2.05) is 18.7 Å². The summed E-state index contributed by atoms with van der Waals surface area (Å²) in [6.45, 7) is 4.98. The Bertz CT molecular complexity index is 331. The first-order valence-corrected chi connectivity index (χ1v) is 6.14. The van der Waals surface area contributed by atoms with Crippen LogP contribution in [0.2, 0.25) is 0 Å². The van der Waals surface area contributed by atoms with E-state index in [1.54, 1.807) is 0 Å². The molecule has 0 N–H and O–H groups in total. The van der Waals surface area contributed by atoms with Crippen LogP contribution < -0.4 is 0 Å². The van der Waals surface area contributed by atoms with Gasteiger partial charge in [-0.05, 0) is 13.8 Å². The molecule has 1 fully saturated rings. The van der Waals surface area contributed by atoms with Crippen molar-refractivity contribution in [3.63, 3.8) is 0 Å². The Morgan fingerprint density at radius 3 is 2.23 bits per heavy atom. The van der Waals surface area contributed by atoms with Gasteiger partial charge in [0.15, 0.2) is 9.84 Å². The minimum absolute atomic E-state index is 0.222. The van der Waals surface area contributed by atoms with Crippen molar-refractivity contribution in [1.29, 1.82) is 0 Å². The van der Waals surface area contributed by atoms with E-state index in [-0.39, 0.29) is 10.8 Å². The van der Waals surface area contributed by atoms with Crippen molar-refractivity contribution in [2.75, 3.05) is 19.3 Å². The van der Waals surface area contributed by atoms with Crippen LogP contribution in [0.3, 0.4) is 0 Å². The largest absolute Gasteiger partial charge is 0.285 e. The summed E-state index contributed by atoms with van der Waals surface area (Å²) < 4.78 is 22.2. The predicted octanol–water partition coefficient (Wildman–Crippen LogP) is 0.127. The molecule has 0 atom stereocenters. The van der Waals surface area contributed by atoms with Crippen LogP contribution >= 0.6 is 0 Å². The minimum atomic E-state index is -2.88. The molecule has 0 unspecified atom stereocenters. The molecule has 1 saturated heterocycles. The number of hydrogen-bond acceptors (Lipinski definition) is 3. The molecule has 0 bridgehead atoms. The second-order valence-electron chi connectivity index (χ2n) is 4.06. The van der Waals surface area contributed by atoms with E-state index < -0.39 is 9.84 Å². The van der Waals surface area contributed by atoms with Gasteiger partial charge in [-0.2, -0.15) is 0 Å². The molecule has 0 aliphatic carbocycles. The van der Waals surface area contributed by atoms with E-state index in [2.05, 4.69) is 5.92 Å². The predicted molar refractivity (Wildman–Crippen MR) is 53.1 cm³/mol. The highest BCUT2D eigenvalue weighted by atomic mass is 32.2. The van der Waals surface area contributed by atoms with Crippen LogP contribution in [0.15, 0.2) is 0 Å². The van der Waals surface area contributed by atoms with Crippen molar-refractivity contribution in [3.8, 4) is 12.3 Å². The summed E-state index contributed by atoms with van der Waals surface area (Å²) in [6, 6.07) is 0. The average molecular weight is 201 g/mol. The van der Waals surface area contributed by atoms with Crippen LogP contribution in [0, 0.1) is 12.3 Å². The Labute approximate surface area is 80.0 Å². The maximum atomic E-state index is 11.1. The number of terminal acetylenes is 1. The molecular formula is C9H15NO2S. The third-order valence-corrected chi connectivity index (χ3v) is 4.11. The van der Waals surface area contributed by atoms with E-state index in [4.69, 9.17) is 6.42 Å². The molecule has 1 rings (SSSR count). The normalized spacial score (nSPS) is 20.8. The van der Waals surface area contributed by atoms with Gasteiger partial charge in [0.25, 0.3) is 0 Å². The Balaban J connectivity index is 2.58. The standard InChI is InChI=1S/C9H15NO2S/c1-5-9(2,3)10-6-8(7-10)13(4,11)12/h1,8H,6-7H2,2-4H3. The minimum Gasteiger partial charge on any atom is -0.285 e. The van der Waals surface area contributed by atoms with Gasteiger partial charge in [-0.25, -0.2) is 8.42 Å². The summed E-state index contributed by atoms with van der Waals surface area (Å²) in [5.41, 5.74) is -0.318. The lowest BCUT2D eigenvalue weighted by atomic mass is 9.99. The Hall–Kier alpha value is -0.530. The second-order valence-corrected chi connectivity index (χ2v) is 6.39. The van der Waals surface area contributed by atoms with Gasteiger partial charge in [0.1, 0.15) is 0 Å². The maximum Gasteiger partial charge on any atom is 0.152 e. The van der Waals surface area contributed by atoms with Crippen molar-refractivity contribution in [2.45, 2.75) is 24.6 Å². The SMILES string of the molecule is C#CC(C)(C)N1CC(S(C)(=O)=O)C1. The summed E-state index contributed by atoms with van der Waals surface area (Å²) >= 11 is 0. The summed E-state index contributed by atoms with van der Waals surface area (Å²) in [4.78, 5) is 2.00. The molecule has 1 aliphatic rings. The highest BCUT2D eigenvalue weighted by molar-refractivity contribution is 7.91. The number of hydrogen-bond donors (Lipinski definition) is 0. The van der Waals surface area contributed by atoms with Crippen LogP contribution in [-0.2, 0) is 9.84 Å². The first-order valence-electron chi connectivity index (χ1n) is 4.19. The Kier molecular flexibility index (Phi) is 2.44. The fraction of sp³-hybridized carbons (Fsp3) is 0.778. The highest BCUT2D eigenvalue weighted by Gasteiger charge is 2.40. The van der Waals surface area contributed by atoms with Crippen LogP contribution in [0.4, 0.5) is 0 Å². The molecule has 0 aromatic heterocycles. The lowest BCUT2D eigenvalue weighted by molar-refractivity contribution is 0.0993. The Morgan fingerprint density at radius 2 is 1.92 bits per heavy atom. The van der Waals surface area contributed by atoms with Gasteiger partial charge in [0.05, 0.1) is 10.8 Å². The van der Waals surface area contributed by atoms with Crippen molar-refractivity contribution in [1.82, 2.24) is 4.90 Å². The number of sulfone groups is 1. The zero-order valence-electron chi connectivity index (χ0n) is 8.24. The van der Waals surface area contributed by atoms with E-state index in [9.17, 15) is 8.42 Å². The third-order valence-electron chi connectivity index (χ3n) is 2.60. The van der Waals surface area contributed by atoms with Crippen molar-refractivity contribution < 1.29 is 8.42 Å². The number of likely N-dealkylation sites (tertiary alicyclic amines) is 1. The van der Waals surface area contributed by atoms with Gasteiger partial charge in [-0.1, -0.05) is 5.92 Å². The van der Waals surface area contributed by atoms with Crippen molar-refractivity contribution >= 4 is 9.84 Å². The Morgan fingerprint density at radius 1 is 1.46 bits per heavy atom. The number of nitrogens with zero attached hydrogens (tertiary/aromatic N) is 1. The monoisotopic (exact) mass is 201 g/mol. The quantitative estimate of drug-likeness (QED) is 0.596. The molecule has 0 spiro atoms. The van der Waals surface area contributed by atoms with Gasteiger partial charge in [0, 0.05) is 19.3 Å². The van der Waals surface area contributed by atoms with Crippen LogP contribution in [0.25, 0.3) is 0 Å². The molecule has 1 aliphatic heterocycles. The van der Waals surface area contributed by atoms with E-state index in [1.165, 1.54) is 6.26 Å². The molecule has 74 valence electrons. The van der Waals surface area contributed by atoms with Gasteiger partial charge in [0.2, 0.25) is 0 Å².